The molecule has 0 heterocycles. The molecule has 4 heteroatoms. The van der Waals surface area contributed by atoms with Crippen molar-refractivity contribution in [2.24, 2.45) is 0 Å². The maximum absolute atomic E-state index is 11.1. The van der Waals surface area contributed by atoms with E-state index in [0.29, 0.717) is 12.2 Å². The van der Waals surface area contributed by atoms with Crippen LogP contribution in [0.2, 0.25) is 0 Å². The quantitative estimate of drug-likeness (QED) is 0.485. The Kier molecular flexibility index (Phi) is 4.92. The van der Waals surface area contributed by atoms with Gasteiger partial charge in [-0.25, -0.2) is 4.79 Å². The number of carbonyl (C=O) groups excluding carboxylic acids is 2. The van der Waals surface area contributed by atoms with Crippen molar-refractivity contribution in [2.45, 2.75) is 6.92 Å². The second kappa shape index (κ2) is 6.23. The Balaban J connectivity index is 2.84. The summed E-state index contributed by atoms with van der Waals surface area (Å²) in [5.74, 6) is -0.393. The van der Waals surface area contributed by atoms with Crippen molar-refractivity contribution >= 4 is 34.3 Å². The van der Waals surface area contributed by atoms with Crippen LogP contribution in [0.4, 0.5) is 0 Å². The van der Waals surface area contributed by atoms with Crippen LogP contribution in [-0.2, 0) is 9.53 Å². The van der Waals surface area contributed by atoms with Crippen molar-refractivity contribution in [1.82, 2.24) is 0 Å². The van der Waals surface area contributed by atoms with Crippen LogP contribution in [0.1, 0.15) is 22.8 Å². The lowest BCUT2D eigenvalue weighted by atomic mass is 10.1. The molecule has 0 saturated heterocycles. The molecule has 84 valence electrons. The molecular formula is C12H11BrO3. The first-order chi connectivity index (χ1) is 7.65. The van der Waals surface area contributed by atoms with Crippen LogP contribution >= 0.6 is 15.9 Å². The van der Waals surface area contributed by atoms with E-state index in [2.05, 4.69) is 15.9 Å². The van der Waals surface area contributed by atoms with E-state index in [-0.39, 0.29) is 0 Å². The van der Waals surface area contributed by atoms with Gasteiger partial charge >= 0.3 is 5.97 Å². The fraction of sp³-hybridized carbons (Fsp3) is 0.167. The summed E-state index contributed by atoms with van der Waals surface area (Å²) in [6.07, 6.45) is 3.70. The second-order valence-corrected chi connectivity index (χ2v) is 3.94. The fourth-order valence-corrected chi connectivity index (χ4v) is 1.68. The molecule has 0 N–H and O–H groups in total. The lowest BCUT2D eigenvalue weighted by Crippen LogP contribution is -1.98. The summed E-state index contributed by atoms with van der Waals surface area (Å²) < 4.78 is 5.54. The van der Waals surface area contributed by atoms with Gasteiger partial charge in [0.05, 0.1) is 6.61 Å². The smallest absolute Gasteiger partial charge is 0.330 e. The molecule has 0 aromatic heterocycles. The highest BCUT2D eigenvalue weighted by atomic mass is 79.9. The first kappa shape index (κ1) is 12.6. The van der Waals surface area contributed by atoms with E-state index in [4.69, 9.17) is 4.74 Å². The lowest BCUT2D eigenvalue weighted by Gasteiger charge is -1.98. The lowest BCUT2D eigenvalue weighted by molar-refractivity contribution is -0.137. The molecule has 0 aliphatic rings. The highest BCUT2D eigenvalue weighted by Gasteiger charge is 1.98. The van der Waals surface area contributed by atoms with Gasteiger partial charge in [-0.2, -0.15) is 0 Å². The van der Waals surface area contributed by atoms with Gasteiger partial charge in [0.1, 0.15) is 6.29 Å². The molecule has 0 aliphatic heterocycles. The zero-order chi connectivity index (χ0) is 12.0. The van der Waals surface area contributed by atoms with Crippen molar-refractivity contribution < 1.29 is 14.3 Å². The van der Waals surface area contributed by atoms with Gasteiger partial charge in [0.15, 0.2) is 0 Å². The normalized spacial score (nSPS) is 10.4. The Bertz CT molecular complexity index is 424. The summed E-state index contributed by atoms with van der Waals surface area (Å²) in [6, 6.07) is 5.20. The van der Waals surface area contributed by atoms with Crippen molar-refractivity contribution in [3.05, 3.63) is 39.9 Å². The maximum Gasteiger partial charge on any atom is 0.330 e. The molecule has 1 aromatic rings. The minimum atomic E-state index is -0.393. The SMILES string of the molecule is CCOC(=O)C=Cc1cc(Br)cc(C=O)c1. The number of halogens is 1. The topological polar surface area (TPSA) is 43.4 Å². The molecule has 0 atom stereocenters. The van der Waals surface area contributed by atoms with Gasteiger partial charge in [0.2, 0.25) is 0 Å². The molecule has 1 rings (SSSR count). The van der Waals surface area contributed by atoms with Crippen LogP contribution in [0.5, 0.6) is 0 Å². The summed E-state index contributed by atoms with van der Waals surface area (Å²) in [6.45, 7) is 2.09. The standard InChI is InChI=1S/C12H11BrO3/c1-2-16-12(15)4-3-9-5-10(8-14)7-11(13)6-9/h3-8H,2H2,1H3. The molecule has 0 bridgehead atoms. The van der Waals surface area contributed by atoms with E-state index in [0.717, 1.165) is 16.3 Å². The summed E-state index contributed by atoms with van der Waals surface area (Å²) >= 11 is 3.28. The number of benzene rings is 1. The number of rotatable bonds is 4. The van der Waals surface area contributed by atoms with Gasteiger partial charge in [0, 0.05) is 16.1 Å². The van der Waals surface area contributed by atoms with Crippen LogP contribution in [0.3, 0.4) is 0 Å². The number of hydrogen-bond donors (Lipinski definition) is 0. The predicted molar refractivity (Wildman–Crippen MR) is 65.2 cm³/mol. The first-order valence-corrected chi connectivity index (χ1v) is 5.55. The molecule has 0 amide bonds. The highest BCUT2D eigenvalue weighted by Crippen LogP contribution is 2.16. The van der Waals surface area contributed by atoms with E-state index in [1.165, 1.54) is 6.08 Å². The van der Waals surface area contributed by atoms with E-state index < -0.39 is 5.97 Å². The van der Waals surface area contributed by atoms with Crippen molar-refractivity contribution in [1.29, 1.82) is 0 Å². The zero-order valence-electron chi connectivity index (χ0n) is 8.77. The van der Waals surface area contributed by atoms with Crippen LogP contribution in [0, 0.1) is 0 Å². The number of hydrogen-bond acceptors (Lipinski definition) is 3. The third kappa shape index (κ3) is 3.98. The number of carbonyl (C=O) groups is 2. The summed E-state index contributed by atoms with van der Waals surface area (Å²) in [4.78, 5) is 21.7. The number of aldehydes is 1. The number of ether oxygens (including phenoxy) is 1. The van der Waals surface area contributed by atoms with Crippen LogP contribution in [0.25, 0.3) is 6.08 Å². The zero-order valence-corrected chi connectivity index (χ0v) is 10.4. The highest BCUT2D eigenvalue weighted by molar-refractivity contribution is 9.10. The minimum absolute atomic E-state index is 0.348. The van der Waals surface area contributed by atoms with Crippen LogP contribution in [-0.4, -0.2) is 18.9 Å². The Morgan fingerprint density at radius 3 is 2.69 bits per heavy atom. The second-order valence-electron chi connectivity index (χ2n) is 3.02. The first-order valence-electron chi connectivity index (χ1n) is 4.76. The van der Waals surface area contributed by atoms with Gasteiger partial charge in [-0.05, 0) is 36.8 Å². The molecule has 0 fully saturated rings. The maximum atomic E-state index is 11.1. The molecule has 16 heavy (non-hydrogen) atoms. The molecule has 0 radical (unpaired) electrons. The fourth-order valence-electron chi connectivity index (χ4n) is 1.15. The van der Waals surface area contributed by atoms with E-state index in [1.54, 1.807) is 25.1 Å². The Morgan fingerprint density at radius 2 is 2.06 bits per heavy atom. The van der Waals surface area contributed by atoms with Gasteiger partial charge in [-0.3, -0.25) is 4.79 Å². The van der Waals surface area contributed by atoms with Crippen LogP contribution < -0.4 is 0 Å². The average Bonchev–Trinajstić information content (AvgIpc) is 2.26. The van der Waals surface area contributed by atoms with Crippen molar-refractivity contribution in [2.75, 3.05) is 6.61 Å². The Hall–Kier alpha value is -1.42. The average molecular weight is 283 g/mol. The van der Waals surface area contributed by atoms with Crippen LogP contribution in [0.15, 0.2) is 28.7 Å². The predicted octanol–water partition coefficient (Wildman–Crippen LogP) is 2.84. The monoisotopic (exact) mass is 282 g/mol. The molecule has 3 nitrogen and oxygen atoms in total. The van der Waals surface area contributed by atoms with Gasteiger partial charge in [-0.1, -0.05) is 15.9 Å². The summed E-state index contributed by atoms with van der Waals surface area (Å²) in [5, 5.41) is 0. The Labute approximate surface area is 102 Å². The third-order valence-electron chi connectivity index (χ3n) is 1.78. The van der Waals surface area contributed by atoms with Gasteiger partial charge in [-0.15, -0.1) is 0 Å². The molecular weight excluding hydrogens is 272 g/mol. The Morgan fingerprint density at radius 1 is 1.38 bits per heavy atom. The summed E-state index contributed by atoms with van der Waals surface area (Å²) in [5.41, 5.74) is 1.32. The summed E-state index contributed by atoms with van der Waals surface area (Å²) in [7, 11) is 0. The van der Waals surface area contributed by atoms with E-state index in [9.17, 15) is 9.59 Å². The molecule has 0 spiro atoms. The van der Waals surface area contributed by atoms with Gasteiger partial charge < -0.3 is 4.74 Å². The number of esters is 1. The molecule has 1 aromatic carbocycles. The van der Waals surface area contributed by atoms with Crippen molar-refractivity contribution in [3.63, 3.8) is 0 Å². The van der Waals surface area contributed by atoms with Crippen molar-refractivity contribution in [3.8, 4) is 0 Å². The molecule has 0 aliphatic carbocycles. The van der Waals surface area contributed by atoms with Gasteiger partial charge in [0.25, 0.3) is 0 Å². The molecule has 0 unspecified atom stereocenters. The van der Waals surface area contributed by atoms with E-state index in [1.807, 2.05) is 6.07 Å². The largest absolute Gasteiger partial charge is 0.463 e. The minimum Gasteiger partial charge on any atom is -0.463 e. The molecule has 0 saturated carbocycles. The third-order valence-corrected chi connectivity index (χ3v) is 2.23. The van der Waals surface area contributed by atoms with E-state index >= 15 is 0 Å².